The van der Waals surface area contributed by atoms with Gasteiger partial charge in [0.25, 0.3) is 0 Å². The van der Waals surface area contributed by atoms with Gasteiger partial charge in [0, 0.05) is 10.9 Å². The summed E-state index contributed by atoms with van der Waals surface area (Å²) in [4.78, 5) is 0. The van der Waals surface area contributed by atoms with Crippen molar-refractivity contribution in [2.45, 2.75) is 25.0 Å². The highest BCUT2D eigenvalue weighted by molar-refractivity contribution is 9.08. The van der Waals surface area contributed by atoms with Crippen LogP contribution in [-0.4, -0.2) is 0 Å². The van der Waals surface area contributed by atoms with Crippen LogP contribution < -0.4 is 4.74 Å². The minimum absolute atomic E-state index is 0.237. The summed E-state index contributed by atoms with van der Waals surface area (Å²) < 4.78 is 43.1. The molecule has 0 bridgehead atoms. The van der Waals surface area contributed by atoms with Crippen molar-refractivity contribution >= 4 is 15.9 Å². The van der Waals surface area contributed by atoms with Gasteiger partial charge in [-0.15, -0.1) is 0 Å². The first-order chi connectivity index (χ1) is 9.90. The van der Waals surface area contributed by atoms with E-state index >= 15 is 0 Å². The van der Waals surface area contributed by atoms with Crippen molar-refractivity contribution in [1.82, 2.24) is 0 Å². The van der Waals surface area contributed by atoms with Gasteiger partial charge in [-0.05, 0) is 30.7 Å². The molecule has 0 aliphatic heterocycles. The molecular weight excluding hydrogens is 345 g/mol. The molecule has 0 unspecified atom stereocenters. The zero-order valence-corrected chi connectivity index (χ0v) is 13.0. The first kappa shape index (κ1) is 15.9. The van der Waals surface area contributed by atoms with E-state index in [4.69, 9.17) is 4.74 Å². The van der Waals surface area contributed by atoms with Crippen LogP contribution in [0.2, 0.25) is 0 Å². The number of alkyl halides is 4. The summed E-state index contributed by atoms with van der Waals surface area (Å²) >= 11 is 3.40. The Labute approximate surface area is 129 Å². The van der Waals surface area contributed by atoms with Gasteiger partial charge in [0.15, 0.2) is 0 Å². The molecule has 0 aliphatic carbocycles. The molecule has 0 spiro atoms. The Morgan fingerprint density at radius 1 is 1.05 bits per heavy atom. The molecule has 0 atom stereocenters. The van der Waals surface area contributed by atoms with Gasteiger partial charge in [-0.25, -0.2) is 0 Å². The topological polar surface area (TPSA) is 9.23 Å². The number of hydrogen-bond donors (Lipinski definition) is 0. The summed E-state index contributed by atoms with van der Waals surface area (Å²) in [6, 6.07) is 10.8. The minimum Gasteiger partial charge on any atom is -0.489 e. The molecule has 2 aromatic carbocycles. The first-order valence-electron chi connectivity index (χ1n) is 6.34. The molecule has 0 amide bonds. The Morgan fingerprint density at radius 2 is 1.71 bits per heavy atom. The first-order valence-corrected chi connectivity index (χ1v) is 7.46. The average molecular weight is 359 g/mol. The van der Waals surface area contributed by atoms with Gasteiger partial charge in [-0.3, -0.25) is 0 Å². The third kappa shape index (κ3) is 4.24. The number of ether oxygens (including phenoxy) is 1. The van der Waals surface area contributed by atoms with Crippen LogP contribution in [0.3, 0.4) is 0 Å². The van der Waals surface area contributed by atoms with Gasteiger partial charge >= 0.3 is 6.18 Å². The second-order valence-corrected chi connectivity index (χ2v) is 5.29. The molecule has 0 N–H and O–H groups in total. The SMILES string of the molecule is Cc1ccc(OCc2ccc(C(F)(F)F)cc2)c(CBr)c1. The van der Waals surface area contributed by atoms with Crippen molar-refractivity contribution in [2.75, 3.05) is 0 Å². The van der Waals surface area contributed by atoms with E-state index in [0.29, 0.717) is 10.9 Å². The highest BCUT2D eigenvalue weighted by Gasteiger charge is 2.29. The molecule has 112 valence electrons. The summed E-state index contributed by atoms with van der Waals surface area (Å²) in [6.07, 6.45) is -4.31. The highest BCUT2D eigenvalue weighted by atomic mass is 79.9. The molecule has 2 rings (SSSR count). The molecule has 5 heteroatoms. The number of benzene rings is 2. The van der Waals surface area contributed by atoms with Crippen LogP contribution in [0.5, 0.6) is 5.75 Å². The average Bonchev–Trinajstić information content (AvgIpc) is 2.45. The van der Waals surface area contributed by atoms with Crippen LogP contribution in [0.4, 0.5) is 13.2 Å². The Balaban J connectivity index is 2.07. The van der Waals surface area contributed by atoms with E-state index in [1.807, 2.05) is 25.1 Å². The summed E-state index contributed by atoms with van der Waals surface area (Å²) in [5, 5.41) is 0.664. The molecular formula is C16H14BrF3O. The summed E-state index contributed by atoms with van der Waals surface area (Å²) in [7, 11) is 0. The van der Waals surface area contributed by atoms with Gasteiger partial charge in [0.2, 0.25) is 0 Å². The van der Waals surface area contributed by atoms with Crippen molar-refractivity contribution in [2.24, 2.45) is 0 Å². The lowest BCUT2D eigenvalue weighted by Crippen LogP contribution is -2.05. The summed E-state index contributed by atoms with van der Waals surface area (Å²) in [5.41, 5.74) is 2.19. The van der Waals surface area contributed by atoms with Crippen molar-refractivity contribution in [3.8, 4) is 5.75 Å². The minimum atomic E-state index is -4.31. The second kappa shape index (κ2) is 6.52. The van der Waals surface area contributed by atoms with Crippen LogP contribution in [0, 0.1) is 6.92 Å². The fourth-order valence-electron chi connectivity index (χ4n) is 1.90. The summed E-state index contributed by atoms with van der Waals surface area (Å²) in [6.45, 7) is 2.23. The van der Waals surface area contributed by atoms with Crippen LogP contribution in [0.15, 0.2) is 42.5 Å². The lowest BCUT2D eigenvalue weighted by atomic mass is 10.1. The van der Waals surface area contributed by atoms with Crippen LogP contribution >= 0.6 is 15.9 Å². The van der Waals surface area contributed by atoms with E-state index < -0.39 is 11.7 Å². The van der Waals surface area contributed by atoms with E-state index in [-0.39, 0.29) is 6.61 Å². The third-order valence-electron chi connectivity index (χ3n) is 3.04. The summed E-state index contributed by atoms with van der Waals surface area (Å²) in [5.74, 6) is 0.734. The predicted octanol–water partition coefficient (Wildman–Crippen LogP) is 5.49. The lowest BCUT2D eigenvalue weighted by Gasteiger charge is -2.12. The van der Waals surface area contributed by atoms with Gasteiger partial charge in [-0.1, -0.05) is 45.8 Å². The second-order valence-electron chi connectivity index (χ2n) is 4.73. The maximum atomic E-state index is 12.5. The van der Waals surface area contributed by atoms with Crippen molar-refractivity contribution < 1.29 is 17.9 Å². The Morgan fingerprint density at radius 3 is 2.29 bits per heavy atom. The fraction of sp³-hybridized carbons (Fsp3) is 0.250. The molecule has 0 aliphatic rings. The van der Waals surface area contributed by atoms with Gasteiger partial charge in [0.1, 0.15) is 12.4 Å². The fourth-order valence-corrected chi connectivity index (χ4v) is 2.34. The van der Waals surface area contributed by atoms with Gasteiger partial charge in [0.05, 0.1) is 5.56 Å². The van der Waals surface area contributed by atoms with Crippen LogP contribution in [-0.2, 0) is 18.1 Å². The van der Waals surface area contributed by atoms with E-state index in [1.165, 1.54) is 12.1 Å². The number of aryl methyl sites for hydroxylation is 1. The van der Waals surface area contributed by atoms with Crippen molar-refractivity contribution in [3.63, 3.8) is 0 Å². The van der Waals surface area contributed by atoms with E-state index in [9.17, 15) is 13.2 Å². The third-order valence-corrected chi connectivity index (χ3v) is 3.64. The predicted molar refractivity (Wildman–Crippen MR) is 79.6 cm³/mol. The Bertz CT molecular complexity index is 606. The Hall–Kier alpha value is -1.49. The Kier molecular flexibility index (Phi) is 4.93. The highest BCUT2D eigenvalue weighted by Crippen LogP contribution is 2.29. The quantitative estimate of drug-likeness (QED) is 0.656. The normalized spacial score (nSPS) is 11.5. The van der Waals surface area contributed by atoms with Crippen LogP contribution in [0.1, 0.15) is 22.3 Å². The molecule has 0 saturated carbocycles. The van der Waals surface area contributed by atoms with Crippen LogP contribution in [0.25, 0.3) is 0 Å². The van der Waals surface area contributed by atoms with E-state index in [0.717, 1.165) is 29.0 Å². The van der Waals surface area contributed by atoms with Gasteiger partial charge in [-0.2, -0.15) is 13.2 Å². The number of halogens is 4. The molecule has 21 heavy (non-hydrogen) atoms. The van der Waals surface area contributed by atoms with Crippen molar-refractivity contribution in [1.29, 1.82) is 0 Å². The maximum absolute atomic E-state index is 12.5. The smallest absolute Gasteiger partial charge is 0.416 e. The molecule has 0 aromatic heterocycles. The zero-order chi connectivity index (χ0) is 15.5. The maximum Gasteiger partial charge on any atom is 0.416 e. The zero-order valence-electron chi connectivity index (χ0n) is 11.4. The molecule has 2 aromatic rings. The molecule has 0 radical (unpaired) electrons. The van der Waals surface area contributed by atoms with Gasteiger partial charge < -0.3 is 4.74 Å². The van der Waals surface area contributed by atoms with E-state index in [2.05, 4.69) is 15.9 Å². The molecule has 1 nitrogen and oxygen atoms in total. The molecule has 0 heterocycles. The van der Waals surface area contributed by atoms with Crippen molar-refractivity contribution in [3.05, 3.63) is 64.7 Å². The monoisotopic (exact) mass is 358 g/mol. The standard InChI is InChI=1S/C16H14BrF3O/c1-11-2-7-15(13(8-11)9-17)21-10-12-3-5-14(6-4-12)16(18,19)20/h2-8H,9-10H2,1H3. The lowest BCUT2D eigenvalue weighted by molar-refractivity contribution is -0.137. The number of rotatable bonds is 4. The molecule has 0 fully saturated rings. The van der Waals surface area contributed by atoms with E-state index in [1.54, 1.807) is 0 Å². The number of hydrogen-bond acceptors (Lipinski definition) is 1. The molecule has 0 saturated heterocycles. The largest absolute Gasteiger partial charge is 0.489 e.